The largest absolute Gasteiger partial charge is 0.464 e. The van der Waals surface area contributed by atoms with Gasteiger partial charge in [0.2, 0.25) is 0 Å². The Hall–Kier alpha value is -1.55. The molecule has 18 heavy (non-hydrogen) atoms. The average Bonchev–Trinajstić information content (AvgIpc) is 2.32. The molecule has 4 nitrogen and oxygen atoms in total. The van der Waals surface area contributed by atoms with Crippen molar-refractivity contribution in [2.24, 2.45) is 0 Å². The van der Waals surface area contributed by atoms with Crippen LogP contribution in [-0.2, 0) is 9.53 Å². The number of esters is 1. The third-order valence-electron chi connectivity index (χ3n) is 2.41. The Morgan fingerprint density at radius 2 is 2.11 bits per heavy atom. The van der Waals surface area contributed by atoms with Gasteiger partial charge in [-0.3, -0.25) is 4.79 Å². The summed E-state index contributed by atoms with van der Waals surface area (Å²) in [5.41, 5.74) is 1.28. The molecule has 0 bridgehead atoms. The summed E-state index contributed by atoms with van der Waals surface area (Å²) in [6.45, 7) is 5.40. The molecule has 0 aliphatic heterocycles. The zero-order valence-electron chi connectivity index (χ0n) is 10.6. The molecule has 0 aliphatic rings. The van der Waals surface area contributed by atoms with Crippen LogP contribution in [0, 0.1) is 6.92 Å². The summed E-state index contributed by atoms with van der Waals surface area (Å²) in [6, 6.07) is 4.27. The SMILES string of the molecule is CCOC(=O)C(C)NC(=O)c1ccc(Cl)c(C)c1. The minimum atomic E-state index is -0.673. The first-order valence-electron chi connectivity index (χ1n) is 5.69. The molecule has 1 aromatic rings. The van der Waals surface area contributed by atoms with E-state index in [2.05, 4.69) is 5.32 Å². The van der Waals surface area contributed by atoms with Crippen LogP contribution in [-0.4, -0.2) is 24.5 Å². The summed E-state index contributed by atoms with van der Waals surface area (Å²) in [5, 5.41) is 3.17. The molecule has 0 aromatic heterocycles. The fourth-order valence-electron chi connectivity index (χ4n) is 1.39. The second-order valence-electron chi connectivity index (χ2n) is 3.91. The van der Waals surface area contributed by atoms with Crippen molar-refractivity contribution in [2.75, 3.05) is 6.61 Å². The van der Waals surface area contributed by atoms with Crippen molar-refractivity contribution in [3.8, 4) is 0 Å². The Morgan fingerprint density at radius 1 is 1.44 bits per heavy atom. The van der Waals surface area contributed by atoms with Crippen LogP contribution in [0.25, 0.3) is 0 Å². The molecule has 1 unspecified atom stereocenters. The van der Waals surface area contributed by atoms with Crippen molar-refractivity contribution < 1.29 is 14.3 Å². The molecular formula is C13H16ClNO3. The maximum atomic E-state index is 11.9. The van der Waals surface area contributed by atoms with Crippen molar-refractivity contribution >= 4 is 23.5 Å². The highest BCUT2D eigenvalue weighted by molar-refractivity contribution is 6.31. The van der Waals surface area contributed by atoms with Gasteiger partial charge < -0.3 is 10.1 Å². The van der Waals surface area contributed by atoms with Gasteiger partial charge in [0.1, 0.15) is 6.04 Å². The summed E-state index contributed by atoms with van der Waals surface area (Å²) in [4.78, 5) is 23.2. The molecule has 1 atom stereocenters. The minimum Gasteiger partial charge on any atom is -0.464 e. The van der Waals surface area contributed by atoms with Crippen LogP contribution in [0.15, 0.2) is 18.2 Å². The minimum absolute atomic E-state index is 0.291. The first kappa shape index (κ1) is 14.5. The molecule has 0 radical (unpaired) electrons. The standard InChI is InChI=1S/C13H16ClNO3/c1-4-18-13(17)9(3)15-12(16)10-5-6-11(14)8(2)7-10/h5-7,9H,4H2,1-3H3,(H,15,16). The molecule has 0 aliphatic carbocycles. The van der Waals surface area contributed by atoms with Crippen molar-refractivity contribution in [3.05, 3.63) is 34.3 Å². The van der Waals surface area contributed by atoms with Crippen molar-refractivity contribution in [3.63, 3.8) is 0 Å². The van der Waals surface area contributed by atoms with Crippen LogP contribution in [0.1, 0.15) is 29.8 Å². The molecule has 0 fully saturated rings. The summed E-state index contributed by atoms with van der Waals surface area (Å²) in [7, 11) is 0. The summed E-state index contributed by atoms with van der Waals surface area (Å²) >= 11 is 5.88. The molecule has 1 aromatic carbocycles. The molecular weight excluding hydrogens is 254 g/mol. The monoisotopic (exact) mass is 269 g/mol. The van der Waals surface area contributed by atoms with Gasteiger partial charge in [0.15, 0.2) is 0 Å². The lowest BCUT2D eigenvalue weighted by molar-refractivity contribution is -0.144. The Morgan fingerprint density at radius 3 is 2.67 bits per heavy atom. The molecule has 1 N–H and O–H groups in total. The van der Waals surface area contributed by atoms with Crippen molar-refractivity contribution in [1.29, 1.82) is 0 Å². The van der Waals surface area contributed by atoms with E-state index in [-0.39, 0.29) is 5.91 Å². The average molecular weight is 270 g/mol. The molecule has 0 saturated heterocycles. The number of rotatable bonds is 4. The van der Waals surface area contributed by atoms with Crippen LogP contribution in [0.4, 0.5) is 0 Å². The van der Waals surface area contributed by atoms with Crippen LogP contribution in [0.3, 0.4) is 0 Å². The highest BCUT2D eigenvalue weighted by Crippen LogP contribution is 2.16. The number of benzene rings is 1. The highest BCUT2D eigenvalue weighted by Gasteiger charge is 2.17. The van der Waals surface area contributed by atoms with Crippen LogP contribution >= 0.6 is 11.6 Å². The molecule has 5 heteroatoms. The molecule has 0 spiro atoms. The van der Waals surface area contributed by atoms with Gasteiger partial charge in [0.25, 0.3) is 5.91 Å². The number of carbonyl (C=O) groups is 2. The van der Waals surface area contributed by atoms with Gasteiger partial charge in [0.05, 0.1) is 6.61 Å². The Bertz CT molecular complexity index is 460. The number of carbonyl (C=O) groups excluding carboxylic acids is 2. The third-order valence-corrected chi connectivity index (χ3v) is 2.83. The van der Waals surface area contributed by atoms with Crippen LogP contribution in [0.5, 0.6) is 0 Å². The maximum Gasteiger partial charge on any atom is 0.328 e. The number of amides is 1. The Balaban J connectivity index is 2.70. The number of hydrogen-bond acceptors (Lipinski definition) is 3. The molecule has 0 heterocycles. The van der Waals surface area contributed by atoms with Crippen molar-refractivity contribution in [2.45, 2.75) is 26.8 Å². The van der Waals surface area contributed by atoms with Crippen molar-refractivity contribution in [1.82, 2.24) is 5.32 Å². The number of aryl methyl sites for hydroxylation is 1. The Kier molecular flexibility index (Phi) is 5.16. The van der Waals surface area contributed by atoms with Gasteiger partial charge in [-0.1, -0.05) is 11.6 Å². The fraction of sp³-hybridized carbons (Fsp3) is 0.385. The topological polar surface area (TPSA) is 55.4 Å². The predicted molar refractivity (Wildman–Crippen MR) is 69.8 cm³/mol. The second kappa shape index (κ2) is 6.40. The second-order valence-corrected chi connectivity index (χ2v) is 4.32. The summed E-state index contributed by atoms with van der Waals surface area (Å²) < 4.78 is 4.81. The van der Waals surface area contributed by atoms with Gasteiger partial charge in [0, 0.05) is 10.6 Å². The molecule has 98 valence electrons. The summed E-state index contributed by atoms with van der Waals surface area (Å²) in [5.74, 6) is -0.771. The van der Waals surface area contributed by atoms with Gasteiger partial charge in [-0.15, -0.1) is 0 Å². The van der Waals surface area contributed by atoms with E-state index in [9.17, 15) is 9.59 Å². The van der Waals surface area contributed by atoms with E-state index in [0.717, 1.165) is 5.56 Å². The van der Waals surface area contributed by atoms with Crippen LogP contribution < -0.4 is 5.32 Å². The first-order chi connectivity index (χ1) is 8.45. The lowest BCUT2D eigenvalue weighted by atomic mass is 10.1. The maximum absolute atomic E-state index is 11.9. The van der Waals surface area contributed by atoms with Gasteiger partial charge in [-0.05, 0) is 44.5 Å². The fourth-order valence-corrected chi connectivity index (χ4v) is 1.51. The molecule has 1 amide bonds. The number of nitrogens with one attached hydrogen (secondary N) is 1. The van der Waals surface area contributed by atoms with Gasteiger partial charge in [-0.25, -0.2) is 4.79 Å². The number of halogens is 1. The van der Waals surface area contributed by atoms with E-state index in [1.54, 1.807) is 32.0 Å². The van der Waals surface area contributed by atoms with E-state index < -0.39 is 12.0 Å². The first-order valence-corrected chi connectivity index (χ1v) is 6.07. The zero-order chi connectivity index (χ0) is 13.7. The quantitative estimate of drug-likeness (QED) is 0.854. The van der Waals surface area contributed by atoms with E-state index in [1.807, 2.05) is 6.92 Å². The number of ether oxygens (including phenoxy) is 1. The highest BCUT2D eigenvalue weighted by atomic mass is 35.5. The molecule has 1 rings (SSSR count). The van der Waals surface area contributed by atoms with E-state index >= 15 is 0 Å². The van der Waals surface area contributed by atoms with Gasteiger partial charge >= 0.3 is 5.97 Å². The van der Waals surface area contributed by atoms with E-state index in [1.165, 1.54) is 0 Å². The predicted octanol–water partition coefficient (Wildman–Crippen LogP) is 2.33. The Labute approximate surface area is 111 Å². The lowest BCUT2D eigenvalue weighted by Crippen LogP contribution is -2.39. The van der Waals surface area contributed by atoms with E-state index in [4.69, 9.17) is 16.3 Å². The van der Waals surface area contributed by atoms with E-state index in [0.29, 0.717) is 17.2 Å². The normalized spacial score (nSPS) is 11.8. The summed E-state index contributed by atoms with van der Waals surface area (Å²) in [6.07, 6.45) is 0. The smallest absolute Gasteiger partial charge is 0.328 e. The lowest BCUT2D eigenvalue weighted by Gasteiger charge is -2.13. The molecule has 0 saturated carbocycles. The number of hydrogen-bond donors (Lipinski definition) is 1. The zero-order valence-corrected chi connectivity index (χ0v) is 11.4. The van der Waals surface area contributed by atoms with Gasteiger partial charge in [-0.2, -0.15) is 0 Å². The third kappa shape index (κ3) is 3.74. The van der Waals surface area contributed by atoms with Crippen LogP contribution in [0.2, 0.25) is 5.02 Å².